The van der Waals surface area contributed by atoms with Crippen LogP contribution in [-0.2, 0) is 9.59 Å². The molecule has 11 heteroatoms. The zero-order valence-corrected chi connectivity index (χ0v) is 19.7. The van der Waals surface area contributed by atoms with E-state index in [4.69, 9.17) is 25.1 Å². The van der Waals surface area contributed by atoms with E-state index in [0.717, 1.165) is 16.8 Å². The van der Waals surface area contributed by atoms with E-state index in [2.05, 4.69) is 15.4 Å². The van der Waals surface area contributed by atoms with Crippen molar-refractivity contribution in [2.45, 2.75) is 24.8 Å². The number of methoxy groups -OCH3 is 2. The van der Waals surface area contributed by atoms with Gasteiger partial charge in [-0.15, -0.1) is 5.10 Å². The fourth-order valence-electron chi connectivity index (χ4n) is 4.77. The predicted octanol–water partition coefficient (Wildman–Crippen LogP) is 2.76. The van der Waals surface area contributed by atoms with Crippen molar-refractivity contribution in [1.82, 2.24) is 14.8 Å². The van der Waals surface area contributed by atoms with E-state index in [1.54, 1.807) is 43.2 Å². The molecule has 36 heavy (non-hydrogen) atoms. The minimum absolute atomic E-state index is 0.0144. The molecule has 186 valence electrons. The van der Waals surface area contributed by atoms with Crippen LogP contribution in [0.3, 0.4) is 0 Å². The molecule has 1 aromatic heterocycles. The summed E-state index contributed by atoms with van der Waals surface area (Å²) in [6.45, 7) is -0.443. The van der Waals surface area contributed by atoms with Crippen LogP contribution in [0.4, 0.5) is 11.9 Å². The molecular weight excluding hydrogens is 466 g/mol. The van der Waals surface area contributed by atoms with E-state index in [0.29, 0.717) is 41.6 Å². The summed E-state index contributed by atoms with van der Waals surface area (Å²) in [6, 6.07) is 12.1. The Bertz CT molecular complexity index is 1360. The Morgan fingerprint density at radius 3 is 2.53 bits per heavy atom. The van der Waals surface area contributed by atoms with Crippen LogP contribution in [0.25, 0.3) is 0 Å². The van der Waals surface area contributed by atoms with E-state index in [-0.39, 0.29) is 17.6 Å². The van der Waals surface area contributed by atoms with Crippen LogP contribution in [-0.4, -0.2) is 52.5 Å². The molecule has 0 fully saturated rings. The lowest BCUT2D eigenvalue weighted by atomic mass is 9.78. The number of hydrogen-bond donors (Lipinski definition) is 3. The summed E-state index contributed by atoms with van der Waals surface area (Å²) < 4.78 is 17.6. The molecule has 2 atom stereocenters. The van der Waals surface area contributed by atoms with Crippen LogP contribution in [0.1, 0.15) is 35.9 Å². The predicted molar refractivity (Wildman–Crippen MR) is 129 cm³/mol. The number of Topliss-reactive ketones (excluding diaryl/α,β-unsaturated/α-hetero) is 1. The number of aromatic nitrogens is 3. The SMILES string of the molecule is COc1ccc([C@@H]2CC(=O)C3=C(C2)Nc2nc(N)nn2[C@@H]3c2ccc(OCC(=O)O)cc2)cc1OC. The second-order valence-electron chi connectivity index (χ2n) is 8.55. The van der Waals surface area contributed by atoms with Gasteiger partial charge in [-0.2, -0.15) is 4.98 Å². The number of carboxylic acids is 1. The van der Waals surface area contributed by atoms with E-state index >= 15 is 0 Å². The van der Waals surface area contributed by atoms with E-state index in [9.17, 15) is 9.59 Å². The Balaban J connectivity index is 1.50. The van der Waals surface area contributed by atoms with Gasteiger partial charge in [-0.3, -0.25) is 4.79 Å². The van der Waals surface area contributed by atoms with Gasteiger partial charge < -0.3 is 30.4 Å². The highest BCUT2D eigenvalue weighted by molar-refractivity contribution is 6.00. The standard InChI is InChI=1S/C25H25N5O6/c1-34-19-8-5-14(11-20(19)35-2)15-9-17-22(18(31)10-15)23(30-25(27-17)28-24(26)29-30)13-3-6-16(7-4-13)36-12-21(32)33/h3-8,11,15,23H,9-10,12H2,1-2H3,(H,32,33)(H3,26,27,28,29)/t15-,23+/m0/s1. The molecule has 0 unspecified atom stereocenters. The molecule has 2 aliphatic rings. The summed E-state index contributed by atoms with van der Waals surface area (Å²) in [7, 11) is 3.16. The number of nitrogens with two attached hydrogens (primary N) is 1. The van der Waals surface area contributed by atoms with Gasteiger partial charge in [-0.25, -0.2) is 9.48 Å². The summed E-state index contributed by atoms with van der Waals surface area (Å²) in [5.74, 6) is 1.03. The molecule has 0 bridgehead atoms. The van der Waals surface area contributed by atoms with E-state index in [1.807, 2.05) is 18.2 Å². The minimum Gasteiger partial charge on any atom is -0.493 e. The van der Waals surface area contributed by atoms with Gasteiger partial charge in [-0.05, 0) is 47.7 Å². The highest BCUT2D eigenvalue weighted by Gasteiger charge is 2.39. The Morgan fingerprint density at radius 2 is 1.83 bits per heavy atom. The van der Waals surface area contributed by atoms with Crippen molar-refractivity contribution in [3.8, 4) is 17.2 Å². The summed E-state index contributed by atoms with van der Waals surface area (Å²) in [5.41, 5.74) is 9.01. The molecule has 0 saturated heterocycles. The molecule has 2 aromatic carbocycles. The van der Waals surface area contributed by atoms with Crippen LogP contribution in [0.15, 0.2) is 53.7 Å². The average molecular weight is 492 g/mol. The first-order valence-electron chi connectivity index (χ1n) is 11.3. The van der Waals surface area contributed by atoms with Crippen molar-refractivity contribution >= 4 is 23.6 Å². The second kappa shape index (κ2) is 9.25. The lowest BCUT2D eigenvalue weighted by molar-refractivity contribution is -0.139. The Labute approximate surface area is 206 Å². The first-order chi connectivity index (χ1) is 17.4. The van der Waals surface area contributed by atoms with Crippen molar-refractivity contribution in [1.29, 1.82) is 0 Å². The summed E-state index contributed by atoms with van der Waals surface area (Å²) in [4.78, 5) is 28.7. The third-order valence-electron chi connectivity index (χ3n) is 6.37. The third kappa shape index (κ3) is 4.19. The van der Waals surface area contributed by atoms with Crippen molar-refractivity contribution in [2.75, 3.05) is 31.9 Å². The molecule has 1 aliphatic heterocycles. The summed E-state index contributed by atoms with van der Waals surface area (Å²) >= 11 is 0. The third-order valence-corrected chi connectivity index (χ3v) is 6.37. The minimum atomic E-state index is -1.06. The lowest BCUT2D eigenvalue weighted by Crippen LogP contribution is -2.33. The smallest absolute Gasteiger partial charge is 0.341 e. The first kappa shape index (κ1) is 23.2. The normalized spacial score (nSPS) is 18.7. The summed E-state index contributed by atoms with van der Waals surface area (Å²) in [6.07, 6.45) is 0.894. The maximum absolute atomic E-state index is 13.6. The molecule has 0 saturated carbocycles. The highest BCUT2D eigenvalue weighted by Crippen LogP contribution is 2.45. The van der Waals surface area contributed by atoms with E-state index in [1.165, 1.54) is 0 Å². The van der Waals surface area contributed by atoms with Gasteiger partial charge in [0.25, 0.3) is 0 Å². The van der Waals surface area contributed by atoms with Crippen molar-refractivity contribution < 1.29 is 28.9 Å². The first-order valence-corrected chi connectivity index (χ1v) is 11.3. The maximum Gasteiger partial charge on any atom is 0.341 e. The summed E-state index contributed by atoms with van der Waals surface area (Å²) in [5, 5.41) is 16.4. The monoisotopic (exact) mass is 491 g/mol. The van der Waals surface area contributed by atoms with Crippen LogP contribution in [0.5, 0.6) is 17.2 Å². The lowest BCUT2D eigenvalue weighted by Gasteiger charge is -2.35. The fraction of sp³-hybridized carbons (Fsp3) is 0.280. The number of nitrogen functional groups attached to an aromatic ring is 1. The van der Waals surface area contributed by atoms with Gasteiger partial charge in [0.15, 0.2) is 23.9 Å². The molecule has 1 aliphatic carbocycles. The van der Waals surface area contributed by atoms with Crippen molar-refractivity contribution in [2.24, 2.45) is 0 Å². The topological polar surface area (TPSA) is 151 Å². The van der Waals surface area contributed by atoms with Gasteiger partial charge in [-0.1, -0.05) is 18.2 Å². The number of nitrogens with zero attached hydrogens (tertiary/aromatic N) is 3. The largest absolute Gasteiger partial charge is 0.493 e. The molecule has 0 amide bonds. The van der Waals surface area contributed by atoms with Gasteiger partial charge in [0.1, 0.15) is 11.8 Å². The molecule has 0 radical (unpaired) electrons. The molecule has 2 heterocycles. The number of carboxylic acid groups (broad SMARTS) is 1. The van der Waals surface area contributed by atoms with Gasteiger partial charge in [0.2, 0.25) is 11.9 Å². The Kier molecular flexibility index (Phi) is 5.96. The molecule has 3 aromatic rings. The Hall–Kier alpha value is -4.54. The van der Waals surface area contributed by atoms with Crippen molar-refractivity contribution in [3.05, 3.63) is 64.9 Å². The van der Waals surface area contributed by atoms with Crippen molar-refractivity contribution in [3.63, 3.8) is 0 Å². The zero-order chi connectivity index (χ0) is 25.4. The number of benzene rings is 2. The average Bonchev–Trinajstić information content (AvgIpc) is 3.25. The number of fused-ring (bicyclic) bond motifs is 1. The van der Waals surface area contributed by atoms with Gasteiger partial charge in [0, 0.05) is 17.7 Å². The number of carbonyl (C=O) groups excluding carboxylic acids is 1. The number of allylic oxidation sites excluding steroid dienone is 2. The molecule has 5 rings (SSSR count). The molecule has 0 spiro atoms. The second-order valence-corrected chi connectivity index (χ2v) is 8.55. The highest BCUT2D eigenvalue weighted by atomic mass is 16.5. The van der Waals surface area contributed by atoms with Gasteiger partial charge in [0.05, 0.1) is 14.2 Å². The number of ketones is 1. The van der Waals surface area contributed by atoms with E-state index < -0.39 is 18.6 Å². The number of aliphatic carboxylic acids is 1. The zero-order valence-electron chi connectivity index (χ0n) is 19.7. The fourth-order valence-corrected chi connectivity index (χ4v) is 4.77. The molecular formula is C25H25N5O6. The van der Waals surface area contributed by atoms with Crippen LogP contribution in [0, 0.1) is 0 Å². The van der Waals surface area contributed by atoms with Crippen LogP contribution in [0.2, 0.25) is 0 Å². The van der Waals surface area contributed by atoms with Gasteiger partial charge >= 0.3 is 5.97 Å². The maximum atomic E-state index is 13.6. The number of hydrogen-bond acceptors (Lipinski definition) is 9. The molecule has 4 N–H and O–H groups in total. The van der Waals surface area contributed by atoms with Crippen LogP contribution < -0.4 is 25.3 Å². The quantitative estimate of drug-likeness (QED) is 0.450. The Morgan fingerprint density at radius 1 is 1.11 bits per heavy atom. The number of rotatable bonds is 7. The number of anilines is 2. The molecule has 11 nitrogen and oxygen atoms in total. The van der Waals surface area contributed by atoms with Crippen LogP contribution >= 0.6 is 0 Å². The number of carbonyl (C=O) groups is 2. The number of ether oxygens (including phenoxy) is 3. The number of nitrogens with one attached hydrogen (secondary N) is 1.